The molecule has 2 heterocycles. The van der Waals surface area contributed by atoms with E-state index < -0.39 is 4.92 Å². The van der Waals surface area contributed by atoms with Crippen molar-refractivity contribution in [1.29, 1.82) is 0 Å². The highest BCUT2D eigenvalue weighted by atomic mass is 16.6. The van der Waals surface area contributed by atoms with Crippen LogP contribution in [0.3, 0.4) is 0 Å². The normalized spacial score (nSPS) is 29.4. The lowest BCUT2D eigenvalue weighted by Gasteiger charge is -2.25. The molecular formula is C15H15N3O4. The number of imide groups is 1. The second-order valence-electron chi connectivity index (χ2n) is 6.26. The van der Waals surface area contributed by atoms with Gasteiger partial charge in [0.25, 0.3) is 11.6 Å². The lowest BCUT2D eigenvalue weighted by Crippen LogP contribution is -2.40. The molecule has 7 heteroatoms. The number of hydrogen-bond acceptors (Lipinski definition) is 4. The zero-order valence-corrected chi connectivity index (χ0v) is 12.1. The number of nitro benzene ring substituents is 1. The highest BCUT2D eigenvalue weighted by Gasteiger charge is 2.59. The van der Waals surface area contributed by atoms with Crippen molar-refractivity contribution in [2.24, 2.45) is 5.92 Å². The number of anilines is 1. The minimum atomic E-state index is -0.467. The van der Waals surface area contributed by atoms with E-state index in [4.69, 9.17) is 0 Å². The van der Waals surface area contributed by atoms with E-state index >= 15 is 0 Å². The van der Waals surface area contributed by atoms with E-state index in [0.29, 0.717) is 11.3 Å². The number of piperidine rings is 1. The van der Waals surface area contributed by atoms with E-state index in [1.54, 1.807) is 11.8 Å². The largest absolute Gasteiger partial charge is 0.332 e. The van der Waals surface area contributed by atoms with Crippen LogP contribution in [0, 0.1) is 23.0 Å². The van der Waals surface area contributed by atoms with Gasteiger partial charge in [-0.3, -0.25) is 14.9 Å². The summed E-state index contributed by atoms with van der Waals surface area (Å²) in [6, 6.07) is 3.93. The lowest BCUT2D eigenvalue weighted by atomic mass is 9.99. The van der Waals surface area contributed by atoms with Gasteiger partial charge in [0.05, 0.1) is 10.6 Å². The van der Waals surface area contributed by atoms with E-state index in [9.17, 15) is 19.7 Å². The Morgan fingerprint density at radius 2 is 2.05 bits per heavy atom. The molecule has 1 aromatic rings. The zero-order valence-electron chi connectivity index (χ0n) is 12.1. The molecule has 22 heavy (non-hydrogen) atoms. The van der Waals surface area contributed by atoms with Crippen LogP contribution in [0.4, 0.5) is 16.2 Å². The van der Waals surface area contributed by atoms with Crippen molar-refractivity contribution >= 4 is 23.3 Å². The Hall–Kier alpha value is -2.44. The van der Waals surface area contributed by atoms with Crippen LogP contribution in [0.5, 0.6) is 0 Å². The summed E-state index contributed by atoms with van der Waals surface area (Å²) >= 11 is 0. The Balaban J connectivity index is 1.72. The van der Waals surface area contributed by atoms with Gasteiger partial charge in [0.1, 0.15) is 6.04 Å². The molecule has 3 aliphatic rings. The summed E-state index contributed by atoms with van der Waals surface area (Å²) in [5.74, 6) is 0.0797. The molecule has 3 fully saturated rings. The first-order valence-electron chi connectivity index (χ1n) is 7.40. The quantitative estimate of drug-likeness (QED) is 0.476. The van der Waals surface area contributed by atoms with E-state index in [1.165, 1.54) is 23.1 Å². The van der Waals surface area contributed by atoms with Crippen molar-refractivity contribution in [3.8, 4) is 0 Å². The number of hydrogen-bond donors (Lipinski definition) is 0. The van der Waals surface area contributed by atoms with Crippen LogP contribution in [0.1, 0.15) is 24.8 Å². The van der Waals surface area contributed by atoms with E-state index in [2.05, 4.69) is 0 Å². The number of benzene rings is 1. The van der Waals surface area contributed by atoms with Crippen LogP contribution in [0.25, 0.3) is 0 Å². The maximum Gasteiger partial charge on any atom is 0.332 e. The maximum absolute atomic E-state index is 12.6. The lowest BCUT2D eigenvalue weighted by molar-refractivity contribution is -0.385. The minimum absolute atomic E-state index is 0.0107. The third-order valence-electron chi connectivity index (χ3n) is 5.11. The molecule has 4 rings (SSSR count). The number of nitrogens with zero attached hydrogens (tertiary/aromatic N) is 3. The molecule has 0 unspecified atom stereocenters. The Labute approximate surface area is 126 Å². The van der Waals surface area contributed by atoms with Gasteiger partial charge in [-0.05, 0) is 44.2 Å². The average Bonchev–Trinajstić information content (AvgIpc) is 3.12. The highest BCUT2D eigenvalue weighted by Crippen LogP contribution is 2.47. The summed E-state index contributed by atoms with van der Waals surface area (Å²) < 4.78 is 0. The van der Waals surface area contributed by atoms with Crippen molar-refractivity contribution in [2.45, 2.75) is 38.3 Å². The summed E-state index contributed by atoms with van der Waals surface area (Å²) in [4.78, 5) is 38.6. The molecule has 0 spiro atoms. The molecule has 0 N–H and O–H groups in total. The third-order valence-corrected chi connectivity index (χ3v) is 5.11. The topological polar surface area (TPSA) is 83.8 Å². The van der Waals surface area contributed by atoms with Gasteiger partial charge in [-0.1, -0.05) is 0 Å². The van der Waals surface area contributed by atoms with Gasteiger partial charge in [0.15, 0.2) is 0 Å². The second-order valence-corrected chi connectivity index (χ2v) is 6.26. The van der Waals surface area contributed by atoms with Crippen LogP contribution < -0.4 is 4.90 Å². The first kappa shape index (κ1) is 13.2. The first-order chi connectivity index (χ1) is 10.5. The standard InChI is InChI=1S/C15H15N3O4/c1-8-6-10(4-5-12(8)18(21)22)17-14(19)13-9-2-3-11(7-9)16(13)15(17)20/h4-6,9,11,13H,2-3,7H2,1H3/t9-,11+,13+/m1/s1. The van der Waals surface area contributed by atoms with E-state index in [1.807, 2.05) is 0 Å². The maximum atomic E-state index is 12.6. The fourth-order valence-electron chi connectivity index (χ4n) is 4.14. The number of carbonyl (C=O) groups is 2. The van der Waals surface area contributed by atoms with Gasteiger partial charge >= 0.3 is 6.03 Å². The van der Waals surface area contributed by atoms with E-state index in [-0.39, 0.29) is 35.6 Å². The van der Waals surface area contributed by atoms with Gasteiger partial charge < -0.3 is 4.90 Å². The molecule has 3 amide bonds. The molecule has 1 saturated carbocycles. The third kappa shape index (κ3) is 1.56. The molecule has 1 aromatic carbocycles. The van der Waals surface area contributed by atoms with Gasteiger partial charge in [-0.15, -0.1) is 0 Å². The first-order valence-corrected chi connectivity index (χ1v) is 7.40. The van der Waals surface area contributed by atoms with E-state index in [0.717, 1.165) is 19.3 Å². The SMILES string of the molecule is Cc1cc(N2C(=O)[C@@H]3[C@@H]4CC[C@@H](C4)N3C2=O)ccc1[N+](=O)[O-]. The highest BCUT2D eigenvalue weighted by molar-refractivity contribution is 6.22. The molecule has 2 bridgehead atoms. The number of aryl methyl sites for hydroxylation is 1. The molecule has 0 radical (unpaired) electrons. The van der Waals surface area contributed by atoms with Crippen molar-refractivity contribution in [1.82, 2.24) is 4.90 Å². The second kappa shape index (κ2) is 4.28. The van der Waals surface area contributed by atoms with Crippen molar-refractivity contribution in [3.05, 3.63) is 33.9 Å². The fourth-order valence-corrected chi connectivity index (χ4v) is 4.14. The van der Waals surface area contributed by atoms with Gasteiger partial charge in [-0.25, -0.2) is 9.69 Å². The summed E-state index contributed by atoms with van der Waals surface area (Å²) in [6.45, 7) is 1.61. The van der Waals surface area contributed by atoms with Gasteiger partial charge in [-0.2, -0.15) is 0 Å². The van der Waals surface area contributed by atoms with Crippen LogP contribution in [-0.2, 0) is 4.79 Å². The number of amides is 3. The molecule has 2 saturated heterocycles. The number of urea groups is 1. The zero-order chi connectivity index (χ0) is 15.6. The van der Waals surface area contributed by atoms with Crippen molar-refractivity contribution in [3.63, 3.8) is 0 Å². The summed E-state index contributed by atoms with van der Waals surface area (Å²) in [5.41, 5.74) is 0.855. The molecule has 114 valence electrons. The Morgan fingerprint density at radius 3 is 2.68 bits per heavy atom. The number of nitro groups is 1. The Morgan fingerprint density at radius 1 is 1.27 bits per heavy atom. The summed E-state index contributed by atoms with van der Waals surface area (Å²) in [6.07, 6.45) is 2.89. The number of fused-ring (bicyclic) bond motifs is 5. The molecule has 3 atom stereocenters. The summed E-state index contributed by atoms with van der Waals surface area (Å²) in [7, 11) is 0. The monoisotopic (exact) mass is 301 g/mol. The van der Waals surface area contributed by atoms with Crippen LogP contribution in [0.15, 0.2) is 18.2 Å². The van der Waals surface area contributed by atoms with Crippen molar-refractivity contribution in [2.75, 3.05) is 4.90 Å². The molecule has 2 aliphatic heterocycles. The molecule has 0 aromatic heterocycles. The minimum Gasteiger partial charge on any atom is -0.309 e. The van der Waals surface area contributed by atoms with Crippen LogP contribution in [0.2, 0.25) is 0 Å². The number of rotatable bonds is 2. The predicted octanol–water partition coefficient (Wildman–Crippen LogP) is 2.22. The summed E-state index contributed by atoms with van der Waals surface area (Å²) in [5, 5.41) is 10.9. The van der Waals surface area contributed by atoms with Crippen LogP contribution in [-0.4, -0.2) is 33.8 Å². The Kier molecular flexibility index (Phi) is 2.58. The molecular weight excluding hydrogens is 286 g/mol. The smallest absolute Gasteiger partial charge is 0.309 e. The Bertz CT molecular complexity index is 689. The van der Waals surface area contributed by atoms with Gasteiger partial charge in [0, 0.05) is 17.7 Å². The molecule has 7 nitrogen and oxygen atoms in total. The fraction of sp³-hybridized carbons (Fsp3) is 0.467. The number of carbonyl (C=O) groups excluding carboxylic acids is 2. The molecule has 1 aliphatic carbocycles. The van der Waals surface area contributed by atoms with Crippen molar-refractivity contribution < 1.29 is 14.5 Å². The average molecular weight is 301 g/mol. The van der Waals surface area contributed by atoms with Gasteiger partial charge in [0.2, 0.25) is 0 Å². The predicted molar refractivity (Wildman–Crippen MR) is 77.5 cm³/mol. The van der Waals surface area contributed by atoms with Crippen LogP contribution >= 0.6 is 0 Å².